The van der Waals surface area contributed by atoms with Crippen LogP contribution in [-0.4, -0.2) is 14.2 Å². The van der Waals surface area contributed by atoms with E-state index >= 15 is 0 Å². The fourth-order valence-corrected chi connectivity index (χ4v) is 0.990. The van der Waals surface area contributed by atoms with Crippen molar-refractivity contribution in [1.82, 2.24) is 0 Å². The summed E-state index contributed by atoms with van der Waals surface area (Å²) in [6.07, 6.45) is 2.51. The van der Waals surface area contributed by atoms with E-state index < -0.39 is 0 Å². The van der Waals surface area contributed by atoms with E-state index in [-0.39, 0.29) is 0 Å². The Bertz CT molecular complexity index is 361. The van der Waals surface area contributed by atoms with Crippen LogP contribution in [-0.2, 0) is 0 Å². The van der Waals surface area contributed by atoms with Crippen LogP contribution in [0, 0.1) is 12.0 Å². The fourth-order valence-electron chi connectivity index (χ4n) is 0.990. The van der Waals surface area contributed by atoms with Crippen molar-refractivity contribution in [2.24, 2.45) is 0 Å². The Labute approximate surface area is 83.6 Å². The molecule has 0 bridgehead atoms. The van der Waals surface area contributed by atoms with Crippen LogP contribution < -0.4 is 14.2 Å². The maximum Gasteiger partial charge on any atom is 0.164 e. The minimum atomic E-state index is 0.628. The van der Waals surface area contributed by atoms with E-state index in [4.69, 9.17) is 14.2 Å². The average molecular weight is 192 g/mol. The maximum atomic E-state index is 5.10. The summed E-state index contributed by atoms with van der Waals surface area (Å²) in [6.45, 7) is 1.71. The molecule has 0 N–H and O–H groups in total. The van der Waals surface area contributed by atoms with Gasteiger partial charge in [-0.05, 0) is 12.1 Å². The molecule has 0 spiro atoms. The van der Waals surface area contributed by atoms with Gasteiger partial charge in [-0.15, -0.1) is 0 Å². The van der Waals surface area contributed by atoms with Crippen LogP contribution in [0.25, 0.3) is 0 Å². The molecule has 0 fully saturated rings. The van der Waals surface area contributed by atoms with E-state index in [1.807, 2.05) is 0 Å². The topological polar surface area (TPSA) is 27.7 Å². The third-order valence-electron chi connectivity index (χ3n) is 1.63. The number of methoxy groups -OCH3 is 2. The fraction of sp³-hybridized carbons (Fsp3) is 0.273. The van der Waals surface area contributed by atoms with E-state index in [1.54, 1.807) is 39.3 Å². The summed E-state index contributed by atoms with van der Waals surface area (Å²) in [6, 6.07) is 5.26. The quantitative estimate of drug-likeness (QED) is 0.686. The van der Waals surface area contributed by atoms with Gasteiger partial charge in [-0.2, -0.15) is 0 Å². The molecular weight excluding hydrogens is 180 g/mol. The number of rotatable bonds is 3. The van der Waals surface area contributed by atoms with Crippen molar-refractivity contribution in [3.8, 4) is 29.3 Å². The summed E-state index contributed by atoms with van der Waals surface area (Å²) >= 11 is 0. The Morgan fingerprint density at radius 2 is 1.79 bits per heavy atom. The monoisotopic (exact) mass is 192 g/mol. The second-order valence-corrected chi connectivity index (χ2v) is 2.47. The first kappa shape index (κ1) is 10.3. The normalized spacial score (nSPS) is 8.50. The first-order valence-corrected chi connectivity index (χ1v) is 4.12. The number of benzene rings is 1. The highest BCUT2D eigenvalue weighted by Crippen LogP contribution is 2.30. The summed E-state index contributed by atoms with van der Waals surface area (Å²) in [7, 11) is 3.16. The molecule has 0 unspecified atom stereocenters. The number of hydrogen-bond acceptors (Lipinski definition) is 3. The van der Waals surface area contributed by atoms with E-state index in [2.05, 4.69) is 12.0 Å². The molecule has 1 aromatic carbocycles. The van der Waals surface area contributed by atoms with Crippen LogP contribution in [0.3, 0.4) is 0 Å². The molecule has 0 aliphatic heterocycles. The summed E-state index contributed by atoms with van der Waals surface area (Å²) in [5, 5.41) is 0. The SMILES string of the molecule is CC#COc1ccc(OC)c(OC)c1. The van der Waals surface area contributed by atoms with Crippen molar-refractivity contribution in [3.05, 3.63) is 18.2 Å². The van der Waals surface area contributed by atoms with Crippen LogP contribution in [0.15, 0.2) is 18.2 Å². The molecule has 0 aliphatic rings. The van der Waals surface area contributed by atoms with Crippen molar-refractivity contribution in [3.63, 3.8) is 0 Å². The lowest BCUT2D eigenvalue weighted by atomic mass is 10.3. The van der Waals surface area contributed by atoms with Crippen LogP contribution in [0.4, 0.5) is 0 Å². The molecule has 0 aromatic heterocycles. The smallest absolute Gasteiger partial charge is 0.164 e. The lowest BCUT2D eigenvalue weighted by Gasteiger charge is -2.07. The highest BCUT2D eigenvalue weighted by molar-refractivity contribution is 5.45. The predicted octanol–water partition coefficient (Wildman–Crippen LogP) is 2.06. The lowest BCUT2D eigenvalue weighted by Crippen LogP contribution is -1.91. The summed E-state index contributed by atoms with van der Waals surface area (Å²) in [4.78, 5) is 0. The van der Waals surface area contributed by atoms with Gasteiger partial charge in [0, 0.05) is 13.0 Å². The van der Waals surface area contributed by atoms with Gasteiger partial charge in [-0.25, -0.2) is 0 Å². The van der Waals surface area contributed by atoms with E-state index in [1.165, 1.54) is 0 Å². The first-order chi connectivity index (χ1) is 6.81. The molecule has 3 heteroatoms. The third kappa shape index (κ3) is 2.33. The zero-order valence-electron chi connectivity index (χ0n) is 8.46. The van der Waals surface area contributed by atoms with Crippen LogP contribution in [0.5, 0.6) is 17.2 Å². The van der Waals surface area contributed by atoms with Gasteiger partial charge in [0.2, 0.25) is 0 Å². The third-order valence-corrected chi connectivity index (χ3v) is 1.63. The average Bonchev–Trinajstić information content (AvgIpc) is 2.25. The molecule has 1 aromatic rings. The zero-order chi connectivity index (χ0) is 10.4. The zero-order valence-corrected chi connectivity index (χ0v) is 8.46. The summed E-state index contributed by atoms with van der Waals surface area (Å²) in [5.74, 6) is 4.57. The highest BCUT2D eigenvalue weighted by Gasteiger charge is 2.04. The van der Waals surface area contributed by atoms with Gasteiger partial charge < -0.3 is 14.2 Å². The van der Waals surface area contributed by atoms with E-state index in [0.717, 1.165) is 0 Å². The minimum Gasteiger partial charge on any atom is -0.493 e. The molecule has 14 heavy (non-hydrogen) atoms. The largest absolute Gasteiger partial charge is 0.493 e. The van der Waals surface area contributed by atoms with Crippen molar-refractivity contribution >= 4 is 0 Å². The van der Waals surface area contributed by atoms with Crippen molar-refractivity contribution < 1.29 is 14.2 Å². The van der Waals surface area contributed by atoms with E-state index in [0.29, 0.717) is 17.2 Å². The number of ether oxygens (including phenoxy) is 3. The molecule has 0 atom stereocenters. The van der Waals surface area contributed by atoms with Gasteiger partial charge in [-0.1, -0.05) is 5.92 Å². The van der Waals surface area contributed by atoms with Crippen molar-refractivity contribution in [2.75, 3.05) is 14.2 Å². The Morgan fingerprint density at radius 1 is 1.07 bits per heavy atom. The summed E-state index contributed by atoms with van der Waals surface area (Å²) < 4.78 is 15.3. The molecule has 0 aliphatic carbocycles. The van der Waals surface area contributed by atoms with Gasteiger partial charge >= 0.3 is 0 Å². The maximum absolute atomic E-state index is 5.10. The number of hydrogen-bond donors (Lipinski definition) is 0. The Hall–Kier alpha value is -1.82. The van der Waals surface area contributed by atoms with Crippen molar-refractivity contribution in [2.45, 2.75) is 6.92 Å². The molecule has 3 nitrogen and oxygen atoms in total. The van der Waals surface area contributed by atoms with Crippen molar-refractivity contribution in [1.29, 1.82) is 0 Å². The predicted molar refractivity (Wildman–Crippen MR) is 53.6 cm³/mol. The molecule has 0 radical (unpaired) electrons. The molecular formula is C11H12O3. The summed E-state index contributed by atoms with van der Waals surface area (Å²) in [5.41, 5.74) is 0. The first-order valence-electron chi connectivity index (χ1n) is 4.12. The molecule has 0 heterocycles. The highest BCUT2D eigenvalue weighted by atomic mass is 16.5. The van der Waals surface area contributed by atoms with Gasteiger partial charge in [0.1, 0.15) is 11.9 Å². The second-order valence-electron chi connectivity index (χ2n) is 2.47. The minimum absolute atomic E-state index is 0.628. The van der Waals surface area contributed by atoms with Gasteiger partial charge in [0.05, 0.1) is 14.2 Å². The Morgan fingerprint density at radius 3 is 2.36 bits per heavy atom. The Balaban J connectivity index is 2.93. The molecule has 0 amide bonds. The molecule has 74 valence electrons. The standard InChI is InChI=1S/C11H12O3/c1-4-7-14-9-5-6-10(12-2)11(8-9)13-3/h5-6,8H,1-3H3. The van der Waals surface area contributed by atoms with Crippen LogP contribution in [0.1, 0.15) is 6.92 Å². The second kappa shape index (κ2) is 5.03. The van der Waals surface area contributed by atoms with Gasteiger partial charge in [0.25, 0.3) is 0 Å². The van der Waals surface area contributed by atoms with Gasteiger partial charge in [-0.3, -0.25) is 0 Å². The van der Waals surface area contributed by atoms with Crippen LogP contribution >= 0.6 is 0 Å². The Kier molecular flexibility index (Phi) is 3.69. The molecule has 0 saturated carbocycles. The molecule has 0 saturated heterocycles. The molecule has 1 rings (SSSR count). The van der Waals surface area contributed by atoms with Crippen LogP contribution in [0.2, 0.25) is 0 Å². The van der Waals surface area contributed by atoms with E-state index in [9.17, 15) is 0 Å². The van der Waals surface area contributed by atoms with Gasteiger partial charge in [0.15, 0.2) is 11.5 Å². The lowest BCUT2D eigenvalue weighted by molar-refractivity contribution is 0.352.